The molecule has 2 aromatic rings. The first-order chi connectivity index (χ1) is 15.0. The summed E-state index contributed by atoms with van der Waals surface area (Å²) in [6.45, 7) is 16.2. The van der Waals surface area contributed by atoms with E-state index in [0.717, 1.165) is 19.4 Å². The average molecular weight is 421 g/mol. The molecule has 0 aliphatic heterocycles. The van der Waals surface area contributed by atoms with Gasteiger partial charge in [-0.25, -0.2) is 0 Å². The Hall–Kier alpha value is -2.22. The van der Waals surface area contributed by atoms with Crippen LogP contribution in [-0.2, 0) is 6.42 Å². The van der Waals surface area contributed by atoms with Gasteiger partial charge in [-0.2, -0.15) is 0 Å². The first-order valence-corrected chi connectivity index (χ1v) is 12.3. The second kappa shape index (κ2) is 13.2. The Balaban J connectivity index is 2.13. The minimum atomic E-state index is 0.538. The second-order valence-corrected chi connectivity index (χ2v) is 8.95. The maximum Gasteiger partial charge on any atom is 0.0401 e. The van der Waals surface area contributed by atoms with Gasteiger partial charge in [-0.3, -0.25) is 0 Å². The summed E-state index contributed by atoms with van der Waals surface area (Å²) in [4.78, 5) is 3.50. The lowest BCUT2D eigenvalue weighted by molar-refractivity contribution is 0.574. The highest BCUT2D eigenvalue weighted by Gasteiger charge is 2.16. The van der Waals surface area contributed by atoms with E-state index in [4.69, 9.17) is 0 Å². The largest absolute Gasteiger partial charge is 0.387 e. The van der Waals surface area contributed by atoms with Crippen LogP contribution in [0.3, 0.4) is 0 Å². The summed E-state index contributed by atoms with van der Waals surface area (Å²) in [5, 5.41) is 3.35. The molecule has 1 aromatic carbocycles. The molecule has 2 rings (SSSR count). The number of hydrogen-bond donors (Lipinski definition) is 2. The number of benzene rings is 1. The molecule has 0 amide bonds. The third-order valence-electron chi connectivity index (χ3n) is 6.71. The quantitative estimate of drug-likeness (QED) is 0.316. The third kappa shape index (κ3) is 7.16. The van der Waals surface area contributed by atoms with Crippen LogP contribution in [0, 0.1) is 0 Å². The molecule has 31 heavy (non-hydrogen) atoms. The van der Waals surface area contributed by atoms with Crippen LogP contribution < -0.4 is 5.32 Å². The summed E-state index contributed by atoms with van der Waals surface area (Å²) < 4.78 is 0. The van der Waals surface area contributed by atoms with E-state index in [1.807, 2.05) is 0 Å². The van der Waals surface area contributed by atoms with Crippen LogP contribution in [0.15, 0.2) is 54.9 Å². The van der Waals surface area contributed by atoms with Crippen molar-refractivity contribution in [3.63, 3.8) is 0 Å². The highest BCUT2D eigenvalue weighted by Crippen LogP contribution is 2.32. The molecule has 0 bridgehead atoms. The van der Waals surface area contributed by atoms with E-state index >= 15 is 0 Å². The predicted molar refractivity (Wildman–Crippen MR) is 138 cm³/mol. The third-order valence-corrected chi connectivity index (χ3v) is 6.71. The van der Waals surface area contributed by atoms with E-state index in [9.17, 15) is 0 Å². The first-order valence-electron chi connectivity index (χ1n) is 12.3. The lowest BCUT2D eigenvalue weighted by Crippen LogP contribution is -2.11. The molecule has 0 aliphatic rings. The van der Waals surface area contributed by atoms with Crippen molar-refractivity contribution in [2.45, 2.75) is 91.4 Å². The van der Waals surface area contributed by atoms with Crippen molar-refractivity contribution in [3.05, 3.63) is 77.3 Å². The molecule has 0 fully saturated rings. The van der Waals surface area contributed by atoms with Crippen LogP contribution in [0.1, 0.15) is 107 Å². The molecular weight excluding hydrogens is 376 g/mol. The first kappa shape index (κ1) is 25.0. The van der Waals surface area contributed by atoms with Crippen molar-refractivity contribution in [3.8, 4) is 0 Å². The lowest BCUT2D eigenvalue weighted by atomic mass is 9.88. The molecule has 1 unspecified atom stereocenters. The number of H-pyrrole nitrogens is 1. The Morgan fingerprint density at radius 2 is 1.97 bits per heavy atom. The number of allylic oxidation sites excluding steroid dienone is 1. The Bertz CT molecular complexity index is 827. The van der Waals surface area contributed by atoms with Gasteiger partial charge in [-0.15, -0.1) is 0 Å². The molecule has 170 valence electrons. The van der Waals surface area contributed by atoms with Gasteiger partial charge in [-0.1, -0.05) is 70.5 Å². The van der Waals surface area contributed by atoms with Crippen molar-refractivity contribution >= 4 is 5.57 Å². The molecule has 0 radical (unpaired) electrons. The normalized spacial score (nSPS) is 14.1. The molecule has 2 heteroatoms. The molecule has 2 N–H and O–H groups in total. The van der Waals surface area contributed by atoms with E-state index < -0.39 is 0 Å². The van der Waals surface area contributed by atoms with Crippen molar-refractivity contribution in [2.24, 2.45) is 0 Å². The monoisotopic (exact) mass is 420 g/mol. The smallest absolute Gasteiger partial charge is 0.0401 e. The van der Waals surface area contributed by atoms with E-state index in [0.29, 0.717) is 11.8 Å². The summed E-state index contributed by atoms with van der Waals surface area (Å²) in [6.07, 6.45) is 12.3. The Labute approximate surface area is 191 Å². The van der Waals surface area contributed by atoms with Gasteiger partial charge in [0.1, 0.15) is 0 Å². The van der Waals surface area contributed by atoms with E-state index in [1.165, 1.54) is 65.6 Å². The number of aromatic amines is 1. The summed E-state index contributed by atoms with van der Waals surface area (Å²) in [5.41, 5.74) is 8.66. The molecule has 0 saturated heterocycles. The number of hydrogen-bond acceptors (Lipinski definition) is 1. The molecule has 2 atom stereocenters. The fourth-order valence-corrected chi connectivity index (χ4v) is 4.57. The Morgan fingerprint density at radius 3 is 2.65 bits per heavy atom. The standard InChI is InChI=1S/C29H44N2/c1-7-13-24-15-12-17-26(20-24)25(9-3)16-11-14-23(6)28(21-30-10-4)27-18-19-31-29(27)22(5)8-2/h10,12,15,17-20,22,25,30-31H,4,7-9,11,13-14,16,21H2,1-3,5-6H3/b28-23-/t22?,25-/m1/s1. The molecule has 1 aromatic heterocycles. The van der Waals surface area contributed by atoms with E-state index in [-0.39, 0.29) is 0 Å². The molecular formula is C29H44N2. The van der Waals surface area contributed by atoms with Gasteiger partial charge in [-0.05, 0) is 86.3 Å². The minimum absolute atomic E-state index is 0.538. The van der Waals surface area contributed by atoms with Crippen LogP contribution in [0.2, 0.25) is 0 Å². The zero-order valence-corrected chi connectivity index (χ0v) is 20.6. The maximum atomic E-state index is 3.86. The fraction of sp³-hybridized carbons (Fsp3) is 0.517. The van der Waals surface area contributed by atoms with E-state index in [2.05, 4.69) is 88.0 Å². The highest BCUT2D eigenvalue weighted by atomic mass is 14.8. The zero-order chi connectivity index (χ0) is 22.6. The van der Waals surface area contributed by atoms with Crippen LogP contribution in [-0.4, -0.2) is 11.5 Å². The van der Waals surface area contributed by atoms with Crippen LogP contribution in [0.4, 0.5) is 0 Å². The Kier molecular flexibility index (Phi) is 10.7. The number of aryl methyl sites for hydroxylation is 1. The van der Waals surface area contributed by atoms with E-state index in [1.54, 1.807) is 6.20 Å². The van der Waals surface area contributed by atoms with Gasteiger partial charge in [0.2, 0.25) is 0 Å². The number of aromatic nitrogens is 1. The Morgan fingerprint density at radius 1 is 1.16 bits per heavy atom. The summed E-state index contributed by atoms with van der Waals surface area (Å²) in [5.74, 6) is 1.19. The number of rotatable bonds is 14. The highest BCUT2D eigenvalue weighted by molar-refractivity contribution is 5.72. The van der Waals surface area contributed by atoms with Gasteiger partial charge in [0.25, 0.3) is 0 Å². The molecule has 0 aliphatic carbocycles. The summed E-state index contributed by atoms with van der Waals surface area (Å²) in [6, 6.07) is 11.5. The SMILES string of the molecule is C=CNC/C(=C(\C)CCC[C@@H](CC)c1cccc(CCC)c1)c1cc[nH]c1C(C)CC. The average Bonchev–Trinajstić information content (AvgIpc) is 3.26. The topological polar surface area (TPSA) is 27.8 Å². The lowest BCUT2D eigenvalue weighted by Gasteiger charge is -2.19. The molecule has 1 heterocycles. The van der Waals surface area contributed by atoms with Crippen LogP contribution in [0.5, 0.6) is 0 Å². The minimum Gasteiger partial charge on any atom is -0.387 e. The van der Waals surface area contributed by atoms with Gasteiger partial charge in [0.15, 0.2) is 0 Å². The predicted octanol–water partition coefficient (Wildman–Crippen LogP) is 8.35. The summed E-state index contributed by atoms with van der Waals surface area (Å²) >= 11 is 0. The van der Waals surface area contributed by atoms with Crippen LogP contribution >= 0.6 is 0 Å². The second-order valence-electron chi connectivity index (χ2n) is 8.95. The zero-order valence-electron chi connectivity index (χ0n) is 20.6. The van der Waals surface area contributed by atoms with Crippen molar-refractivity contribution in [1.82, 2.24) is 10.3 Å². The van der Waals surface area contributed by atoms with Gasteiger partial charge < -0.3 is 10.3 Å². The van der Waals surface area contributed by atoms with Crippen molar-refractivity contribution in [1.29, 1.82) is 0 Å². The fourth-order valence-electron chi connectivity index (χ4n) is 4.57. The maximum absolute atomic E-state index is 3.86. The van der Waals surface area contributed by atoms with Crippen molar-refractivity contribution < 1.29 is 0 Å². The van der Waals surface area contributed by atoms with Crippen molar-refractivity contribution in [2.75, 3.05) is 6.54 Å². The molecule has 0 spiro atoms. The molecule has 0 saturated carbocycles. The number of nitrogens with one attached hydrogen (secondary N) is 2. The molecule has 2 nitrogen and oxygen atoms in total. The van der Waals surface area contributed by atoms with Crippen LogP contribution in [0.25, 0.3) is 5.57 Å². The summed E-state index contributed by atoms with van der Waals surface area (Å²) in [7, 11) is 0. The van der Waals surface area contributed by atoms with Gasteiger partial charge in [0.05, 0.1) is 0 Å². The van der Waals surface area contributed by atoms with Gasteiger partial charge >= 0.3 is 0 Å². The van der Waals surface area contributed by atoms with Gasteiger partial charge in [0, 0.05) is 24.0 Å².